The molecule has 4 rings (SSSR count). The first-order valence-electron chi connectivity index (χ1n) is 11.6. The minimum atomic E-state index is 0.779. The van der Waals surface area contributed by atoms with Gasteiger partial charge in [-0.3, -0.25) is 4.90 Å². The summed E-state index contributed by atoms with van der Waals surface area (Å²) in [5.74, 6) is 2.79. The predicted molar refractivity (Wildman–Crippen MR) is 168 cm³/mol. The molecular formula is C29H29Cl3N2S3. The quantitative estimate of drug-likeness (QED) is 0.103. The zero-order valence-corrected chi connectivity index (χ0v) is 25.2. The third-order valence-corrected chi connectivity index (χ3v) is 8.92. The second-order valence-electron chi connectivity index (χ2n) is 7.97. The van der Waals surface area contributed by atoms with Gasteiger partial charge < -0.3 is 5.32 Å². The predicted octanol–water partition coefficient (Wildman–Crippen LogP) is 9.90. The first-order chi connectivity index (χ1) is 18.0. The number of rotatable bonds is 11. The first-order valence-corrected chi connectivity index (χ1v) is 15.7. The van der Waals surface area contributed by atoms with E-state index >= 15 is 0 Å². The van der Waals surface area contributed by atoms with Gasteiger partial charge in [-0.2, -0.15) is 0 Å². The van der Waals surface area contributed by atoms with Gasteiger partial charge in [0.05, 0.1) is 0 Å². The van der Waals surface area contributed by atoms with Gasteiger partial charge in [0.15, 0.2) is 0 Å². The highest BCUT2D eigenvalue weighted by atomic mass is 35.5. The van der Waals surface area contributed by atoms with Crippen LogP contribution in [0.3, 0.4) is 0 Å². The summed E-state index contributed by atoms with van der Waals surface area (Å²) in [6.07, 6.45) is 0. The summed E-state index contributed by atoms with van der Waals surface area (Å²) >= 11 is 23.0. The molecule has 0 saturated carbocycles. The molecule has 1 N–H and O–H groups in total. The molecule has 0 amide bonds. The molecule has 0 unspecified atom stereocenters. The smallest absolute Gasteiger partial charge is 0.0496 e. The van der Waals surface area contributed by atoms with Crippen LogP contribution in [0.25, 0.3) is 0 Å². The number of hydrogen-bond donors (Lipinski definition) is 1. The third-order valence-electron chi connectivity index (χ3n) is 4.86. The van der Waals surface area contributed by atoms with Crippen LogP contribution in [0, 0.1) is 0 Å². The molecule has 0 bridgehead atoms. The summed E-state index contributed by atoms with van der Waals surface area (Å²) < 4.78 is 0. The topological polar surface area (TPSA) is 15.3 Å². The number of hydrogen-bond acceptors (Lipinski definition) is 5. The molecule has 37 heavy (non-hydrogen) atoms. The maximum atomic E-state index is 5.87. The van der Waals surface area contributed by atoms with Crippen molar-refractivity contribution in [1.29, 1.82) is 0 Å². The minimum Gasteiger partial charge on any atom is -0.303 e. The van der Waals surface area contributed by atoms with Crippen molar-refractivity contribution in [3.63, 3.8) is 0 Å². The molecule has 8 heteroatoms. The zero-order valence-electron chi connectivity index (χ0n) is 20.4. The summed E-state index contributed by atoms with van der Waals surface area (Å²) in [7, 11) is 2.12. The van der Waals surface area contributed by atoms with Crippen LogP contribution in [0.15, 0.2) is 118 Å². The number of nitrogens with one attached hydrogen (secondary N) is 1. The Hall–Kier alpha value is -1.28. The summed E-state index contributed by atoms with van der Waals surface area (Å²) in [6, 6.07) is 34.2. The van der Waals surface area contributed by atoms with E-state index in [-0.39, 0.29) is 0 Å². The average Bonchev–Trinajstić information content (AvgIpc) is 2.92. The van der Waals surface area contributed by atoms with Gasteiger partial charge in [-0.15, -0.1) is 35.3 Å². The largest absolute Gasteiger partial charge is 0.303 e. The Bertz CT molecular complexity index is 1110. The van der Waals surface area contributed by atoms with Crippen LogP contribution in [0.1, 0.15) is 5.56 Å². The number of benzene rings is 4. The molecule has 0 atom stereocenters. The lowest BCUT2D eigenvalue weighted by Crippen LogP contribution is -2.16. The van der Waals surface area contributed by atoms with Crippen molar-refractivity contribution in [3.05, 3.63) is 124 Å². The van der Waals surface area contributed by atoms with Crippen molar-refractivity contribution in [3.8, 4) is 0 Å². The Balaban J connectivity index is 0.000000208. The second-order valence-corrected chi connectivity index (χ2v) is 12.4. The van der Waals surface area contributed by atoms with E-state index in [2.05, 4.69) is 41.5 Å². The lowest BCUT2D eigenvalue weighted by molar-refractivity contribution is 0.466. The molecule has 2 nitrogen and oxygen atoms in total. The second kappa shape index (κ2) is 17.3. The fourth-order valence-electron chi connectivity index (χ4n) is 2.92. The molecule has 0 aliphatic heterocycles. The zero-order chi connectivity index (χ0) is 26.3. The van der Waals surface area contributed by atoms with E-state index in [1.54, 1.807) is 11.8 Å². The Labute approximate surface area is 248 Å². The van der Waals surface area contributed by atoms with Crippen LogP contribution in [-0.2, 0) is 6.54 Å². The SMILES string of the molecule is CN(CSc1ccc(Cl)cc1)CSc1ccc(Cl)cc1.Clc1ccc(SCNCc2ccccc2)cc1. The lowest BCUT2D eigenvalue weighted by atomic mass is 10.2. The Morgan fingerprint density at radius 2 is 0.973 bits per heavy atom. The average molecular weight is 608 g/mol. The van der Waals surface area contributed by atoms with E-state index in [4.69, 9.17) is 34.8 Å². The van der Waals surface area contributed by atoms with Crippen molar-refractivity contribution >= 4 is 70.1 Å². The Kier molecular flexibility index (Phi) is 14.2. The van der Waals surface area contributed by atoms with Gasteiger partial charge in [0.1, 0.15) is 0 Å². The molecule has 4 aromatic rings. The van der Waals surface area contributed by atoms with Crippen molar-refractivity contribution in [2.75, 3.05) is 24.7 Å². The molecule has 0 radical (unpaired) electrons. The van der Waals surface area contributed by atoms with E-state index in [0.717, 1.165) is 39.2 Å². The number of halogens is 3. The van der Waals surface area contributed by atoms with E-state index < -0.39 is 0 Å². The third kappa shape index (κ3) is 12.9. The molecule has 0 aliphatic rings. The summed E-state index contributed by atoms with van der Waals surface area (Å²) in [4.78, 5) is 5.98. The lowest BCUT2D eigenvalue weighted by Gasteiger charge is -2.15. The highest BCUT2D eigenvalue weighted by molar-refractivity contribution is 8.00. The molecule has 0 saturated heterocycles. The standard InChI is InChI=1S/C15H15Cl2NS2.C14H14ClNS/c1-18(10-19-14-6-2-12(16)3-7-14)11-20-15-8-4-13(17)5-9-15;15-13-6-8-14(9-7-13)17-11-16-10-12-4-2-1-3-5-12/h2-9H,10-11H2,1H3;1-9,16H,10-11H2. The summed E-state index contributed by atoms with van der Waals surface area (Å²) in [5, 5.41) is 5.74. The molecule has 194 valence electrons. The summed E-state index contributed by atoms with van der Waals surface area (Å²) in [5.41, 5.74) is 1.31. The van der Waals surface area contributed by atoms with Gasteiger partial charge in [-0.1, -0.05) is 65.1 Å². The Morgan fingerprint density at radius 3 is 1.41 bits per heavy atom. The molecule has 4 aromatic carbocycles. The minimum absolute atomic E-state index is 0.779. The molecule has 0 heterocycles. The highest BCUT2D eigenvalue weighted by Gasteiger charge is 2.02. The van der Waals surface area contributed by atoms with E-state index in [0.29, 0.717) is 0 Å². The molecule has 0 aliphatic carbocycles. The fraction of sp³-hybridized carbons (Fsp3) is 0.172. The van der Waals surface area contributed by atoms with Gasteiger partial charge in [-0.25, -0.2) is 0 Å². The van der Waals surface area contributed by atoms with Gasteiger partial charge in [0, 0.05) is 53.9 Å². The number of thioether (sulfide) groups is 3. The molecule has 0 spiro atoms. The van der Waals surface area contributed by atoms with E-state index in [1.807, 2.05) is 102 Å². The van der Waals surface area contributed by atoms with Gasteiger partial charge in [0.2, 0.25) is 0 Å². The van der Waals surface area contributed by atoms with Gasteiger partial charge in [-0.05, 0) is 85.4 Å². The van der Waals surface area contributed by atoms with Gasteiger partial charge in [0.25, 0.3) is 0 Å². The maximum absolute atomic E-state index is 5.87. The van der Waals surface area contributed by atoms with Crippen molar-refractivity contribution < 1.29 is 0 Å². The van der Waals surface area contributed by atoms with Crippen LogP contribution in [0.4, 0.5) is 0 Å². The number of nitrogens with zero attached hydrogens (tertiary/aromatic N) is 1. The normalized spacial score (nSPS) is 10.7. The van der Waals surface area contributed by atoms with E-state index in [9.17, 15) is 0 Å². The molecule has 0 aromatic heterocycles. The van der Waals surface area contributed by atoms with E-state index in [1.165, 1.54) is 20.2 Å². The van der Waals surface area contributed by atoms with Crippen LogP contribution in [-0.4, -0.2) is 29.6 Å². The fourth-order valence-corrected chi connectivity index (χ4v) is 5.70. The van der Waals surface area contributed by atoms with Crippen LogP contribution in [0.2, 0.25) is 15.1 Å². The monoisotopic (exact) mass is 606 g/mol. The molecular weight excluding hydrogens is 579 g/mol. The van der Waals surface area contributed by atoms with Crippen molar-refractivity contribution in [2.24, 2.45) is 0 Å². The van der Waals surface area contributed by atoms with Crippen LogP contribution in [0.5, 0.6) is 0 Å². The first kappa shape index (κ1) is 30.3. The summed E-state index contributed by atoms with van der Waals surface area (Å²) in [6.45, 7) is 0.904. The Morgan fingerprint density at radius 1 is 0.568 bits per heavy atom. The van der Waals surface area contributed by atoms with Crippen molar-refractivity contribution in [2.45, 2.75) is 21.2 Å². The van der Waals surface area contributed by atoms with Crippen molar-refractivity contribution in [1.82, 2.24) is 10.2 Å². The van der Waals surface area contributed by atoms with Crippen LogP contribution >= 0.6 is 70.1 Å². The van der Waals surface area contributed by atoms with Gasteiger partial charge >= 0.3 is 0 Å². The molecule has 0 fully saturated rings. The maximum Gasteiger partial charge on any atom is 0.0496 e. The van der Waals surface area contributed by atoms with Crippen LogP contribution < -0.4 is 5.32 Å². The highest BCUT2D eigenvalue weighted by Crippen LogP contribution is 2.24.